The third-order valence-corrected chi connectivity index (χ3v) is 5.58. The zero-order valence-corrected chi connectivity index (χ0v) is 14.1. The summed E-state index contributed by atoms with van der Waals surface area (Å²) in [6.07, 6.45) is 4.30. The molecule has 5 nitrogen and oxygen atoms in total. The number of anilines is 1. The van der Waals surface area contributed by atoms with Crippen LogP contribution in [0.25, 0.3) is 0 Å². The van der Waals surface area contributed by atoms with Crippen LogP contribution in [-0.4, -0.2) is 43.5 Å². The van der Waals surface area contributed by atoms with Gasteiger partial charge in [0.1, 0.15) is 0 Å². The summed E-state index contributed by atoms with van der Waals surface area (Å²) in [5.41, 5.74) is 2.19. The molecule has 0 aliphatic carbocycles. The molecule has 0 aromatic carbocycles. The maximum Gasteiger partial charge on any atom is 0.152 e. The Morgan fingerprint density at radius 3 is 2.71 bits per heavy atom. The van der Waals surface area contributed by atoms with Crippen molar-refractivity contribution in [2.45, 2.75) is 45.3 Å². The quantitative estimate of drug-likeness (QED) is 0.915. The van der Waals surface area contributed by atoms with E-state index in [2.05, 4.69) is 36.0 Å². The van der Waals surface area contributed by atoms with Crippen molar-refractivity contribution in [3.8, 4) is 0 Å². The summed E-state index contributed by atoms with van der Waals surface area (Å²) < 4.78 is 23.3. The first-order valence-corrected chi connectivity index (χ1v) is 9.11. The van der Waals surface area contributed by atoms with Crippen LogP contribution in [0.2, 0.25) is 0 Å². The first-order valence-electron chi connectivity index (χ1n) is 7.29. The van der Waals surface area contributed by atoms with E-state index in [1.165, 1.54) is 0 Å². The lowest BCUT2D eigenvalue weighted by Crippen LogP contribution is -2.37. The van der Waals surface area contributed by atoms with Gasteiger partial charge < -0.3 is 10.2 Å². The largest absolute Gasteiger partial charge is 0.369 e. The maximum absolute atomic E-state index is 11.7. The fourth-order valence-electron chi connectivity index (χ4n) is 2.52. The van der Waals surface area contributed by atoms with Crippen LogP contribution in [0.15, 0.2) is 18.5 Å². The van der Waals surface area contributed by atoms with Gasteiger partial charge >= 0.3 is 0 Å². The number of rotatable bonds is 4. The van der Waals surface area contributed by atoms with Gasteiger partial charge in [-0.2, -0.15) is 0 Å². The average molecular weight is 311 g/mol. The van der Waals surface area contributed by atoms with E-state index in [1.54, 1.807) is 6.20 Å². The second kappa shape index (κ2) is 5.93. The Hall–Kier alpha value is -1.14. The third kappa shape index (κ3) is 4.41. The highest BCUT2D eigenvalue weighted by Gasteiger charge is 2.31. The second-order valence-electron chi connectivity index (χ2n) is 6.78. The lowest BCUT2D eigenvalue weighted by atomic mass is 10.1. The summed E-state index contributed by atoms with van der Waals surface area (Å²) in [4.78, 5) is 6.27. The van der Waals surface area contributed by atoms with E-state index in [0.717, 1.165) is 17.8 Å². The number of hydrogen-bond donors (Lipinski definition) is 1. The van der Waals surface area contributed by atoms with Gasteiger partial charge in [-0.15, -0.1) is 0 Å². The van der Waals surface area contributed by atoms with Crippen LogP contribution in [0.1, 0.15) is 32.8 Å². The number of pyridine rings is 1. The Balaban J connectivity index is 2.16. The predicted molar refractivity (Wildman–Crippen MR) is 86.3 cm³/mol. The van der Waals surface area contributed by atoms with Gasteiger partial charge in [0.15, 0.2) is 9.84 Å². The highest BCUT2D eigenvalue weighted by Crippen LogP contribution is 2.25. The van der Waals surface area contributed by atoms with E-state index in [1.807, 2.05) is 19.3 Å². The minimum absolute atomic E-state index is 0.0375. The van der Waals surface area contributed by atoms with Crippen LogP contribution < -0.4 is 10.2 Å². The standard InChI is InChI=1S/C15H25N3O2S/c1-15(2,3)17-9-12-5-7-16-10-14(12)18(4)13-6-8-21(19,20)11-13/h5,7,10,13,17H,6,8-9,11H2,1-4H3. The molecule has 0 spiro atoms. The van der Waals surface area contributed by atoms with Crippen LogP contribution >= 0.6 is 0 Å². The molecule has 1 aromatic rings. The molecule has 6 heteroatoms. The van der Waals surface area contributed by atoms with Crippen molar-refractivity contribution in [1.82, 2.24) is 10.3 Å². The summed E-state index contributed by atoms with van der Waals surface area (Å²) in [5, 5.41) is 3.47. The van der Waals surface area contributed by atoms with Gasteiger partial charge in [-0.1, -0.05) is 0 Å². The Morgan fingerprint density at radius 1 is 1.43 bits per heavy atom. The molecule has 1 aromatic heterocycles. The van der Waals surface area contributed by atoms with E-state index in [-0.39, 0.29) is 23.1 Å². The van der Waals surface area contributed by atoms with Gasteiger partial charge in [-0.05, 0) is 38.8 Å². The predicted octanol–water partition coefficient (Wildman–Crippen LogP) is 1.59. The first-order chi connectivity index (χ1) is 9.68. The van der Waals surface area contributed by atoms with Gasteiger partial charge in [0.25, 0.3) is 0 Å². The fourth-order valence-corrected chi connectivity index (χ4v) is 4.29. The molecule has 2 rings (SSSR count). The van der Waals surface area contributed by atoms with Crippen molar-refractivity contribution in [1.29, 1.82) is 0 Å². The first kappa shape index (κ1) is 16.2. The van der Waals surface area contributed by atoms with E-state index < -0.39 is 9.84 Å². The van der Waals surface area contributed by atoms with Crippen LogP contribution in [0.3, 0.4) is 0 Å². The van der Waals surface area contributed by atoms with Crippen molar-refractivity contribution in [3.63, 3.8) is 0 Å². The second-order valence-corrected chi connectivity index (χ2v) is 9.00. The molecular weight excluding hydrogens is 286 g/mol. The van der Waals surface area contributed by atoms with Gasteiger partial charge in [-0.25, -0.2) is 8.42 Å². The fraction of sp³-hybridized carbons (Fsp3) is 0.667. The van der Waals surface area contributed by atoms with E-state index in [9.17, 15) is 8.42 Å². The van der Waals surface area contributed by atoms with Crippen LogP contribution in [0, 0.1) is 0 Å². The summed E-state index contributed by atoms with van der Waals surface area (Å²) in [6.45, 7) is 7.12. The molecule has 0 amide bonds. The van der Waals surface area contributed by atoms with Gasteiger partial charge in [0, 0.05) is 31.4 Å². The van der Waals surface area contributed by atoms with Crippen LogP contribution in [-0.2, 0) is 16.4 Å². The Kier molecular flexibility index (Phi) is 4.58. The highest BCUT2D eigenvalue weighted by molar-refractivity contribution is 7.91. The molecule has 1 unspecified atom stereocenters. The summed E-state index contributed by atoms with van der Waals surface area (Å²) in [7, 11) is -0.913. The lowest BCUT2D eigenvalue weighted by molar-refractivity contribution is 0.424. The zero-order chi connectivity index (χ0) is 15.7. The molecule has 0 radical (unpaired) electrons. The number of nitrogens with one attached hydrogen (secondary N) is 1. The molecule has 1 N–H and O–H groups in total. The molecule has 2 heterocycles. The lowest BCUT2D eigenvalue weighted by Gasteiger charge is -2.29. The van der Waals surface area contributed by atoms with Crippen molar-refractivity contribution < 1.29 is 8.42 Å². The number of nitrogens with zero attached hydrogens (tertiary/aromatic N) is 2. The average Bonchev–Trinajstić information content (AvgIpc) is 2.75. The topological polar surface area (TPSA) is 62.3 Å². The van der Waals surface area contributed by atoms with E-state index >= 15 is 0 Å². The number of aromatic nitrogens is 1. The van der Waals surface area contributed by atoms with E-state index in [4.69, 9.17) is 0 Å². The molecule has 1 fully saturated rings. The monoisotopic (exact) mass is 311 g/mol. The summed E-state index contributed by atoms with van der Waals surface area (Å²) in [5.74, 6) is 0.530. The van der Waals surface area contributed by atoms with Crippen molar-refractivity contribution in [2.75, 3.05) is 23.5 Å². The number of hydrogen-bond acceptors (Lipinski definition) is 5. The zero-order valence-electron chi connectivity index (χ0n) is 13.3. The van der Waals surface area contributed by atoms with Gasteiger partial charge in [0.2, 0.25) is 0 Å². The molecule has 1 aliphatic heterocycles. The third-order valence-electron chi connectivity index (χ3n) is 3.83. The van der Waals surface area contributed by atoms with Crippen LogP contribution in [0.5, 0.6) is 0 Å². The van der Waals surface area contributed by atoms with Gasteiger partial charge in [-0.3, -0.25) is 4.98 Å². The maximum atomic E-state index is 11.7. The minimum atomic E-state index is -2.87. The molecular formula is C15H25N3O2S. The summed E-state index contributed by atoms with van der Waals surface area (Å²) >= 11 is 0. The van der Waals surface area contributed by atoms with Gasteiger partial charge in [0.05, 0.1) is 23.4 Å². The van der Waals surface area contributed by atoms with Crippen molar-refractivity contribution >= 4 is 15.5 Å². The Labute approximate surface area is 127 Å². The Morgan fingerprint density at radius 2 is 2.14 bits per heavy atom. The summed E-state index contributed by atoms with van der Waals surface area (Å²) in [6, 6.07) is 2.04. The molecule has 21 heavy (non-hydrogen) atoms. The minimum Gasteiger partial charge on any atom is -0.369 e. The molecule has 0 saturated carbocycles. The molecule has 118 valence electrons. The molecule has 1 atom stereocenters. The van der Waals surface area contributed by atoms with E-state index in [0.29, 0.717) is 6.42 Å². The smallest absolute Gasteiger partial charge is 0.152 e. The molecule has 1 saturated heterocycles. The number of sulfone groups is 1. The van der Waals surface area contributed by atoms with Crippen molar-refractivity contribution in [3.05, 3.63) is 24.0 Å². The van der Waals surface area contributed by atoms with Crippen LogP contribution in [0.4, 0.5) is 5.69 Å². The highest BCUT2D eigenvalue weighted by atomic mass is 32.2. The normalized spacial score (nSPS) is 21.4. The van der Waals surface area contributed by atoms with Crippen molar-refractivity contribution in [2.24, 2.45) is 0 Å². The molecule has 0 bridgehead atoms. The SMILES string of the molecule is CN(c1cnccc1CNC(C)(C)C)C1CCS(=O)(=O)C1. The molecule has 1 aliphatic rings. The Bertz CT molecular complexity index is 593.